The normalized spacial score (nSPS) is 11.1. The van der Waals surface area contributed by atoms with Crippen molar-refractivity contribution in [2.45, 2.75) is 33.3 Å². The lowest BCUT2D eigenvalue weighted by Gasteiger charge is -2.28. The van der Waals surface area contributed by atoms with Crippen LogP contribution in [-0.2, 0) is 4.74 Å². The van der Waals surface area contributed by atoms with Gasteiger partial charge in [0.15, 0.2) is 0 Å². The number of benzene rings is 1. The van der Waals surface area contributed by atoms with Crippen LogP contribution in [0.2, 0.25) is 5.02 Å². The fourth-order valence-corrected chi connectivity index (χ4v) is 2.27. The van der Waals surface area contributed by atoms with Gasteiger partial charge < -0.3 is 9.47 Å². The second-order valence-corrected chi connectivity index (χ2v) is 6.76. The van der Waals surface area contributed by atoms with Gasteiger partial charge in [0.25, 0.3) is 0 Å². The molecule has 0 saturated heterocycles. The van der Waals surface area contributed by atoms with E-state index in [0.29, 0.717) is 22.3 Å². The highest BCUT2D eigenvalue weighted by atomic mass is 35.5. The minimum atomic E-state index is -0.648. The van der Waals surface area contributed by atoms with Gasteiger partial charge in [-0.25, -0.2) is 14.7 Å². The van der Waals surface area contributed by atoms with E-state index in [9.17, 15) is 4.79 Å². The Morgan fingerprint density at radius 3 is 2.50 bits per heavy atom. The Balaban J connectivity index is 2.59. The summed E-state index contributed by atoms with van der Waals surface area (Å²) in [5, 5.41) is 0.479. The number of halogens is 1. The van der Waals surface area contributed by atoms with Gasteiger partial charge in [-0.2, -0.15) is 0 Å². The lowest BCUT2D eigenvalue weighted by atomic mass is 10.2. The van der Waals surface area contributed by atoms with E-state index in [1.165, 1.54) is 12.0 Å². The van der Waals surface area contributed by atoms with Crippen LogP contribution in [0.25, 0.3) is 0 Å². The average molecular weight is 349 g/mol. The molecule has 0 aliphatic rings. The zero-order valence-corrected chi connectivity index (χ0v) is 15.2. The monoisotopic (exact) mass is 348 g/mol. The summed E-state index contributed by atoms with van der Waals surface area (Å²) in [6.07, 6.45) is 1.08. The van der Waals surface area contributed by atoms with Gasteiger partial charge in [-0.15, -0.1) is 0 Å². The number of hydrogen-bond acceptors (Lipinski definition) is 4. The summed E-state index contributed by atoms with van der Waals surface area (Å²) in [5.41, 5.74) is 0.789. The molecule has 0 aliphatic heterocycles. The molecule has 0 unspecified atom stereocenters. The number of pyridine rings is 1. The molecule has 0 N–H and O–H groups in total. The molecule has 0 fully saturated rings. The number of hydrogen-bond donors (Lipinski definition) is 0. The minimum Gasteiger partial charge on any atom is -0.495 e. The third kappa shape index (κ3) is 4.38. The van der Waals surface area contributed by atoms with Crippen molar-refractivity contribution >= 4 is 29.2 Å². The van der Waals surface area contributed by atoms with Crippen LogP contribution < -0.4 is 9.64 Å². The Bertz CT molecular complexity index is 741. The van der Waals surface area contributed by atoms with E-state index in [-0.39, 0.29) is 0 Å². The van der Waals surface area contributed by atoms with Gasteiger partial charge in [0.1, 0.15) is 17.2 Å². The van der Waals surface area contributed by atoms with E-state index in [1.807, 2.05) is 33.8 Å². The predicted octanol–water partition coefficient (Wildman–Crippen LogP) is 5.13. The highest BCUT2D eigenvalue weighted by molar-refractivity contribution is 6.31. The van der Waals surface area contributed by atoms with Crippen LogP contribution in [0.1, 0.15) is 26.3 Å². The van der Waals surface area contributed by atoms with E-state index < -0.39 is 11.7 Å². The van der Waals surface area contributed by atoms with Gasteiger partial charge >= 0.3 is 6.09 Å². The first-order chi connectivity index (χ1) is 11.2. The Labute approximate surface area is 147 Å². The molecule has 0 radical (unpaired) electrons. The summed E-state index contributed by atoms with van der Waals surface area (Å²) in [7, 11) is 1.53. The largest absolute Gasteiger partial charge is 0.495 e. The summed E-state index contributed by atoms with van der Waals surface area (Å²) < 4.78 is 10.9. The smallest absolute Gasteiger partial charge is 0.420 e. The zero-order chi connectivity index (χ0) is 17.9. The van der Waals surface area contributed by atoms with Crippen LogP contribution in [0, 0.1) is 6.92 Å². The van der Waals surface area contributed by atoms with Gasteiger partial charge in [-0.3, -0.25) is 0 Å². The fourth-order valence-electron chi connectivity index (χ4n) is 2.10. The number of aryl methyl sites for hydroxylation is 1. The lowest BCUT2D eigenvalue weighted by Crippen LogP contribution is -2.34. The second kappa shape index (κ2) is 7.09. The van der Waals surface area contributed by atoms with Gasteiger partial charge in [0.2, 0.25) is 0 Å². The molecule has 1 heterocycles. The third-order valence-corrected chi connectivity index (χ3v) is 3.32. The minimum absolute atomic E-state index is 0.435. The molecule has 0 aliphatic carbocycles. The standard InChI is InChI=1S/C18H21ClN2O3/c1-12-8-9-20-16(10-12)21(17(22)24-18(2,3)4)14-11-13(19)6-7-15(14)23-5/h6-11H,1-5H3. The highest BCUT2D eigenvalue weighted by Gasteiger charge is 2.28. The number of carbonyl (C=O) groups is 1. The van der Waals surface area contributed by atoms with Crippen molar-refractivity contribution in [3.8, 4) is 5.75 Å². The topological polar surface area (TPSA) is 51.7 Å². The number of rotatable bonds is 3. The molecule has 24 heavy (non-hydrogen) atoms. The summed E-state index contributed by atoms with van der Waals surface area (Å²) in [5.74, 6) is 0.929. The van der Waals surface area contributed by atoms with E-state index in [4.69, 9.17) is 21.1 Å². The summed E-state index contributed by atoms with van der Waals surface area (Å²) in [4.78, 5) is 18.5. The van der Waals surface area contributed by atoms with Gasteiger partial charge in [0.05, 0.1) is 12.8 Å². The number of ether oxygens (including phenoxy) is 2. The van der Waals surface area contributed by atoms with Crippen LogP contribution in [-0.4, -0.2) is 23.8 Å². The highest BCUT2D eigenvalue weighted by Crippen LogP contribution is 2.36. The molecule has 2 aromatic rings. The predicted molar refractivity (Wildman–Crippen MR) is 95.4 cm³/mol. The number of aromatic nitrogens is 1. The van der Waals surface area contributed by atoms with Crippen molar-refractivity contribution in [3.05, 3.63) is 47.1 Å². The molecule has 0 atom stereocenters. The number of amides is 1. The molecule has 2 rings (SSSR count). The molecule has 128 valence electrons. The number of anilines is 2. The van der Waals surface area contributed by atoms with Crippen molar-refractivity contribution < 1.29 is 14.3 Å². The van der Waals surface area contributed by atoms with E-state index in [1.54, 1.807) is 30.5 Å². The maximum atomic E-state index is 12.8. The van der Waals surface area contributed by atoms with Gasteiger partial charge in [0, 0.05) is 11.2 Å². The van der Waals surface area contributed by atoms with Crippen LogP contribution in [0.5, 0.6) is 5.75 Å². The first-order valence-corrected chi connectivity index (χ1v) is 7.88. The quantitative estimate of drug-likeness (QED) is 0.772. The Hall–Kier alpha value is -2.27. The Kier molecular flexibility index (Phi) is 5.34. The first kappa shape index (κ1) is 18.1. The lowest BCUT2D eigenvalue weighted by molar-refractivity contribution is 0.0597. The number of carbonyl (C=O) groups excluding carboxylic acids is 1. The average Bonchev–Trinajstić information content (AvgIpc) is 2.46. The van der Waals surface area contributed by atoms with E-state index >= 15 is 0 Å². The zero-order valence-electron chi connectivity index (χ0n) is 14.5. The van der Waals surface area contributed by atoms with Crippen LogP contribution in [0.3, 0.4) is 0 Å². The second-order valence-electron chi connectivity index (χ2n) is 6.32. The Morgan fingerprint density at radius 2 is 1.92 bits per heavy atom. The SMILES string of the molecule is COc1ccc(Cl)cc1N(C(=O)OC(C)(C)C)c1cc(C)ccn1. The molecular formula is C18H21ClN2O3. The molecule has 0 spiro atoms. The van der Waals surface area contributed by atoms with Crippen LogP contribution in [0.15, 0.2) is 36.5 Å². The maximum Gasteiger partial charge on any atom is 0.420 e. The van der Waals surface area contributed by atoms with Crippen molar-refractivity contribution in [2.75, 3.05) is 12.0 Å². The fraction of sp³-hybridized carbons (Fsp3) is 0.333. The third-order valence-electron chi connectivity index (χ3n) is 3.09. The van der Waals surface area contributed by atoms with E-state index in [2.05, 4.69) is 4.98 Å². The number of nitrogens with zero attached hydrogens (tertiary/aromatic N) is 2. The molecule has 0 bridgehead atoms. The molecule has 0 saturated carbocycles. The Morgan fingerprint density at radius 1 is 1.21 bits per heavy atom. The first-order valence-electron chi connectivity index (χ1n) is 7.50. The maximum absolute atomic E-state index is 12.8. The van der Waals surface area contributed by atoms with Gasteiger partial charge in [-0.1, -0.05) is 11.6 Å². The summed E-state index contributed by atoms with van der Waals surface area (Å²) >= 11 is 6.12. The van der Waals surface area contributed by atoms with Crippen LogP contribution >= 0.6 is 11.6 Å². The van der Waals surface area contributed by atoms with Crippen molar-refractivity contribution in [3.63, 3.8) is 0 Å². The van der Waals surface area contributed by atoms with Crippen molar-refractivity contribution in [1.29, 1.82) is 0 Å². The van der Waals surface area contributed by atoms with Crippen molar-refractivity contribution in [1.82, 2.24) is 4.98 Å². The molecule has 5 nitrogen and oxygen atoms in total. The van der Waals surface area contributed by atoms with Crippen LogP contribution in [0.4, 0.5) is 16.3 Å². The van der Waals surface area contributed by atoms with E-state index in [0.717, 1.165) is 5.56 Å². The molecule has 1 aromatic heterocycles. The number of methoxy groups -OCH3 is 1. The molecular weight excluding hydrogens is 328 g/mol. The molecule has 1 amide bonds. The molecule has 6 heteroatoms. The summed E-state index contributed by atoms with van der Waals surface area (Å²) in [6, 6.07) is 8.69. The molecule has 1 aromatic carbocycles. The van der Waals surface area contributed by atoms with Gasteiger partial charge in [-0.05, 0) is 63.6 Å². The summed E-state index contributed by atoms with van der Waals surface area (Å²) in [6.45, 7) is 7.35. The van der Waals surface area contributed by atoms with Crippen molar-refractivity contribution in [2.24, 2.45) is 0 Å².